The highest BCUT2D eigenvalue weighted by molar-refractivity contribution is 5.77. The van der Waals surface area contributed by atoms with Crippen molar-refractivity contribution in [3.63, 3.8) is 0 Å². The molecule has 3 aromatic rings. The molecule has 0 atom stereocenters. The molecule has 0 radical (unpaired) electrons. The molecule has 4 rings (SSSR count). The van der Waals surface area contributed by atoms with Crippen LogP contribution in [0, 0.1) is 6.92 Å². The average molecular weight is 318 g/mol. The van der Waals surface area contributed by atoms with Crippen LogP contribution < -0.4 is 5.56 Å². The zero-order chi connectivity index (χ0) is 16.5. The van der Waals surface area contributed by atoms with E-state index >= 15 is 0 Å². The first kappa shape index (κ1) is 15.1. The summed E-state index contributed by atoms with van der Waals surface area (Å²) in [6.07, 6.45) is 5.25. The van der Waals surface area contributed by atoms with Gasteiger partial charge in [-0.3, -0.25) is 9.36 Å². The Bertz CT molecular complexity index is 936. The molecule has 0 unspecified atom stereocenters. The molecule has 1 aromatic heterocycles. The molecule has 1 saturated carbocycles. The van der Waals surface area contributed by atoms with Gasteiger partial charge in [0.05, 0.1) is 17.4 Å². The van der Waals surface area contributed by atoms with Crippen molar-refractivity contribution < 1.29 is 0 Å². The van der Waals surface area contributed by atoms with Crippen molar-refractivity contribution in [2.24, 2.45) is 0 Å². The van der Waals surface area contributed by atoms with Gasteiger partial charge in [0.25, 0.3) is 5.56 Å². The number of benzene rings is 2. The lowest BCUT2D eigenvalue weighted by atomic mass is 9.96. The van der Waals surface area contributed by atoms with Crippen molar-refractivity contribution >= 4 is 10.9 Å². The van der Waals surface area contributed by atoms with E-state index < -0.39 is 0 Å². The lowest BCUT2D eigenvalue weighted by molar-refractivity contribution is 0.700. The molecule has 1 aliphatic rings. The zero-order valence-corrected chi connectivity index (χ0v) is 14.0. The summed E-state index contributed by atoms with van der Waals surface area (Å²) in [6.45, 7) is 2.50. The Hall–Kier alpha value is -2.42. The highest BCUT2D eigenvalue weighted by Gasteiger charge is 2.17. The Balaban J connectivity index is 1.72. The number of hydrogen-bond acceptors (Lipinski definition) is 2. The monoisotopic (exact) mass is 318 g/mol. The predicted molar refractivity (Wildman–Crippen MR) is 97.5 cm³/mol. The highest BCUT2D eigenvalue weighted by atomic mass is 16.1. The second kappa shape index (κ2) is 6.23. The van der Waals surface area contributed by atoms with E-state index in [2.05, 4.69) is 29.2 Å². The van der Waals surface area contributed by atoms with Crippen molar-refractivity contribution in [1.82, 2.24) is 9.55 Å². The maximum Gasteiger partial charge on any atom is 0.261 e. The van der Waals surface area contributed by atoms with Crippen LogP contribution in [-0.2, 0) is 6.54 Å². The predicted octanol–water partition coefficient (Wildman–Crippen LogP) is 4.41. The van der Waals surface area contributed by atoms with E-state index in [0.717, 1.165) is 11.3 Å². The number of aromatic nitrogens is 2. The van der Waals surface area contributed by atoms with Crippen LogP contribution in [0.25, 0.3) is 10.9 Å². The first-order valence-electron chi connectivity index (χ1n) is 8.77. The summed E-state index contributed by atoms with van der Waals surface area (Å²) in [7, 11) is 0. The molecule has 24 heavy (non-hydrogen) atoms. The van der Waals surface area contributed by atoms with E-state index in [0.29, 0.717) is 17.8 Å². The minimum absolute atomic E-state index is 0.0457. The van der Waals surface area contributed by atoms with Gasteiger partial charge in [0.1, 0.15) is 5.82 Å². The van der Waals surface area contributed by atoms with Crippen LogP contribution in [-0.4, -0.2) is 9.55 Å². The third kappa shape index (κ3) is 2.75. The van der Waals surface area contributed by atoms with Crippen molar-refractivity contribution in [2.45, 2.75) is 45.1 Å². The van der Waals surface area contributed by atoms with E-state index in [1.54, 1.807) is 4.57 Å². The normalized spacial score (nSPS) is 15.2. The van der Waals surface area contributed by atoms with Crippen LogP contribution in [0.2, 0.25) is 0 Å². The van der Waals surface area contributed by atoms with Crippen LogP contribution in [0.15, 0.2) is 53.3 Å². The molecular formula is C21H22N2O. The average Bonchev–Trinajstić information content (AvgIpc) is 3.14. The third-order valence-corrected chi connectivity index (χ3v) is 5.17. The fourth-order valence-electron chi connectivity index (χ4n) is 3.85. The Morgan fingerprint density at radius 3 is 2.71 bits per heavy atom. The first-order valence-corrected chi connectivity index (χ1v) is 8.77. The van der Waals surface area contributed by atoms with Gasteiger partial charge in [-0.05, 0) is 48.9 Å². The van der Waals surface area contributed by atoms with E-state index in [-0.39, 0.29) is 5.56 Å². The van der Waals surface area contributed by atoms with Gasteiger partial charge in [0.15, 0.2) is 0 Å². The van der Waals surface area contributed by atoms with E-state index in [9.17, 15) is 4.79 Å². The Morgan fingerprint density at radius 1 is 1.08 bits per heavy atom. The van der Waals surface area contributed by atoms with Gasteiger partial charge in [0.2, 0.25) is 0 Å². The number of rotatable bonds is 3. The van der Waals surface area contributed by atoms with Crippen molar-refractivity contribution in [3.05, 3.63) is 75.8 Å². The minimum Gasteiger partial charge on any atom is -0.292 e. The maximum absolute atomic E-state index is 12.8. The summed E-state index contributed by atoms with van der Waals surface area (Å²) in [5.41, 5.74) is 3.42. The molecule has 0 N–H and O–H groups in total. The third-order valence-electron chi connectivity index (χ3n) is 5.17. The van der Waals surface area contributed by atoms with Gasteiger partial charge in [-0.15, -0.1) is 0 Å². The molecule has 0 saturated heterocycles. The lowest BCUT2D eigenvalue weighted by Crippen LogP contribution is -2.24. The summed E-state index contributed by atoms with van der Waals surface area (Å²) in [4.78, 5) is 17.4. The van der Waals surface area contributed by atoms with Gasteiger partial charge >= 0.3 is 0 Å². The molecule has 2 aromatic carbocycles. The van der Waals surface area contributed by atoms with Gasteiger partial charge in [0, 0.05) is 0 Å². The second-order valence-corrected chi connectivity index (χ2v) is 6.79. The van der Waals surface area contributed by atoms with Crippen LogP contribution in [0.1, 0.15) is 48.6 Å². The molecule has 0 amide bonds. The quantitative estimate of drug-likeness (QED) is 0.717. The van der Waals surface area contributed by atoms with Crippen LogP contribution in [0.4, 0.5) is 0 Å². The zero-order valence-electron chi connectivity index (χ0n) is 14.0. The molecule has 3 nitrogen and oxygen atoms in total. The molecule has 1 fully saturated rings. The number of nitrogens with zero attached hydrogens (tertiary/aromatic N) is 2. The largest absolute Gasteiger partial charge is 0.292 e. The van der Waals surface area contributed by atoms with Crippen LogP contribution in [0.5, 0.6) is 0 Å². The molecule has 122 valence electrons. The molecule has 1 heterocycles. The fraction of sp³-hybridized carbons (Fsp3) is 0.333. The van der Waals surface area contributed by atoms with Crippen LogP contribution in [0.3, 0.4) is 0 Å². The topological polar surface area (TPSA) is 34.9 Å². The smallest absolute Gasteiger partial charge is 0.261 e. The molecule has 0 aliphatic heterocycles. The molecule has 1 aliphatic carbocycles. The highest BCUT2D eigenvalue weighted by Crippen LogP contribution is 2.34. The van der Waals surface area contributed by atoms with Gasteiger partial charge in [-0.1, -0.05) is 49.2 Å². The summed E-state index contributed by atoms with van der Waals surface area (Å²) in [6, 6.07) is 16.3. The molecule has 0 bridgehead atoms. The number of aryl methyl sites for hydroxylation is 1. The summed E-state index contributed by atoms with van der Waals surface area (Å²) in [5, 5.41) is 0.690. The first-order chi connectivity index (χ1) is 11.7. The van der Waals surface area contributed by atoms with E-state index in [1.165, 1.54) is 36.8 Å². The van der Waals surface area contributed by atoms with Crippen molar-refractivity contribution in [3.8, 4) is 0 Å². The molecule has 3 heteroatoms. The lowest BCUT2D eigenvalue weighted by Gasteiger charge is -2.14. The number of fused-ring (bicyclic) bond motifs is 1. The van der Waals surface area contributed by atoms with E-state index in [4.69, 9.17) is 0 Å². The van der Waals surface area contributed by atoms with Gasteiger partial charge < -0.3 is 0 Å². The Morgan fingerprint density at radius 2 is 1.88 bits per heavy atom. The summed E-state index contributed by atoms with van der Waals surface area (Å²) in [5.74, 6) is 1.46. The Labute approximate surface area is 142 Å². The molecular weight excluding hydrogens is 296 g/mol. The Kier molecular flexibility index (Phi) is 3.93. The fourth-order valence-corrected chi connectivity index (χ4v) is 3.85. The maximum atomic E-state index is 12.8. The minimum atomic E-state index is 0.0457. The summed E-state index contributed by atoms with van der Waals surface area (Å²) >= 11 is 0. The number of hydrogen-bond donors (Lipinski definition) is 0. The second-order valence-electron chi connectivity index (χ2n) is 6.79. The van der Waals surface area contributed by atoms with E-state index in [1.807, 2.05) is 31.2 Å². The standard InChI is InChI=1S/C21H22N2O/c1-15-22-20-12-5-4-11-19(20)21(24)23(15)14-16-7-6-10-18(13-16)17-8-2-3-9-17/h4-7,10-13,17H,2-3,8-9,14H2,1H3. The summed E-state index contributed by atoms with van der Waals surface area (Å²) < 4.78 is 1.79. The number of para-hydroxylation sites is 1. The van der Waals surface area contributed by atoms with Gasteiger partial charge in [-0.2, -0.15) is 0 Å². The molecule has 0 spiro atoms. The van der Waals surface area contributed by atoms with Gasteiger partial charge in [-0.25, -0.2) is 4.98 Å². The SMILES string of the molecule is Cc1nc2ccccc2c(=O)n1Cc1cccc(C2CCCC2)c1. The van der Waals surface area contributed by atoms with Crippen LogP contribution >= 0.6 is 0 Å². The van der Waals surface area contributed by atoms with Crippen molar-refractivity contribution in [1.29, 1.82) is 0 Å². The van der Waals surface area contributed by atoms with Crippen molar-refractivity contribution in [2.75, 3.05) is 0 Å².